The van der Waals surface area contributed by atoms with Crippen molar-refractivity contribution in [2.75, 3.05) is 23.7 Å². The number of nitrogens with two attached hydrogens (primary N) is 1. The average molecular weight is 592 g/mol. The Balaban J connectivity index is 0.000000493. The van der Waals surface area contributed by atoms with E-state index in [0.717, 1.165) is 36.3 Å². The summed E-state index contributed by atoms with van der Waals surface area (Å²) >= 11 is 6.59. The number of pyridine rings is 1. The molecule has 2 unspecified atom stereocenters. The number of nitrogen functional groups attached to an aromatic ring is 1. The number of carbonyl (C=O) groups is 2. The summed E-state index contributed by atoms with van der Waals surface area (Å²) in [5.41, 5.74) is 7.76. The summed E-state index contributed by atoms with van der Waals surface area (Å²) in [6.07, 6.45) is 3.32. The van der Waals surface area contributed by atoms with E-state index in [0.29, 0.717) is 17.2 Å². The highest BCUT2D eigenvalue weighted by Crippen LogP contribution is 2.37. The molecule has 0 saturated carbocycles. The first-order valence-electron chi connectivity index (χ1n) is 12.3. The molecule has 0 radical (unpaired) electrons. The Hall–Kier alpha value is -4.58. The van der Waals surface area contributed by atoms with Gasteiger partial charge in [-0.05, 0) is 38.8 Å². The normalized spacial score (nSPS) is 17.9. The van der Waals surface area contributed by atoms with Crippen LogP contribution in [0.5, 0.6) is 0 Å². The van der Waals surface area contributed by atoms with Gasteiger partial charge in [0.05, 0.1) is 34.3 Å². The zero-order valence-corrected chi connectivity index (χ0v) is 22.6. The second kappa shape index (κ2) is 11.1. The van der Waals surface area contributed by atoms with Crippen molar-refractivity contribution in [1.82, 2.24) is 29.3 Å². The lowest BCUT2D eigenvalue weighted by Gasteiger charge is -2.39. The second-order valence-electron chi connectivity index (χ2n) is 9.76. The number of nitriles is 1. The summed E-state index contributed by atoms with van der Waals surface area (Å²) in [6.45, 7) is 5.21. The third-order valence-corrected chi connectivity index (χ3v) is 6.93. The number of piperidine rings is 1. The van der Waals surface area contributed by atoms with E-state index in [1.165, 1.54) is 4.52 Å². The van der Waals surface area contributed by atoms with Crippen molar-refractivity contribution in [3.05, 3.63) is 53.2 Å². The summed E-state index contributed by atoms with van der Waals surface area (Å²) in [7, 11) is 0. The molecule has 12 nitrogen and oxygen atoms in total. The molecule has 1 fully saturated rings. The first-order valence-corrected chi connectivity index (χ1v) is 12.6. The van der Waals surface area contributed by atoms with Crippen molar-refractivity contribution in [3.63, 3.8) is 0 Å². The molecule has 0 aromatic carbocycles. The molecule has 16 heteroatoms. The second-order valence-corrected chi connectivity index (χ2v) is 10.2. The molecule has 5 rings (SSSR count). The highest BCUT2D eigenvalue weighted by Gasteiger charge is 2.38. The van der Waals surface area contributed by atoms with Gasteiger partial charge in [0.1, 0.15) is 17.7 Å². The fourth-order valence-corrected chi connectivity index (χ4v) is 4.95. The van der Waals surface area contributed by atoms with Crippen molar-refractivity contribution >= 4 is 46.3 Å². The molecule has 1 aliphatic rings. The maximum absolute atomic E-state index is 13.3. The van der Waals surface area contributed by atoms with Gasteiger partial charge in [-0.1, -0.05) is 11.6 Å². The number of alkyl halides is 3. The number of fused-ring (bicyclic) bond motifs is 2. The van der Waals surface area contributed by atoms with Gasteiger partial charge in [0.2, 0.25) is 0 Å². The Morgan fingerprint density at radius 2 is 2.07 bits per heavy atom. The van der Waals surface area contributed by atoms with Crippen LogP contribution in [0, 0.1) is 16.7 Å². The monoisotopic (exact) mass is 591 g/mol. The molecule has 1 amide bonds. The number of rotatable bonds is 4. The summed E-state index contributed by atoms with van der Waals surface area (Å²) in [5.74, 6) is -2.18. The smallest absolute Gasteiger partial charge is 0.475 e. The number of imidazole rings is 1. The third kappa shape index (κ3) is 5.97. The lowest BCUT2D eigenvalue weighted by molar-refractivity contribution is -0.192. The van der Waals surface area contributed by atoms with Gasteiger partial charge in [-0.15, -0.1) is 5.10 Å². The molecule has 4 aromatic heterocycles. The van der Waals surface area contributed by atoms with Crippen LogP contribution in [0.4, 0.5) is 24.8 Å². The highest BCUT2D eigenvalue weighted by molar-refractivity contribution is 6.34. The van der Waals surface area contributed by atoms with Crippen molar-refractivity contribution in [1.29, 1.82) is 5.26 Å². The zero-order valence-electron chi connectivity index (χ0n) is 21.9. The molecule has 0 bridgehead atoms. The van der Waals surface area contributed by atoms with E-state index in [4.69, 9.17) is 27.2 Å². The van der Waals surface area contributed by atoms with E-state index in [9.17, 15) is 23.2 Å². The summed E-state index contributed by atoms with van der Waals surface area (Å²) in [4.78, 5) is 32.9. The van der Waals surface area contributed by atoms with Crippen molar-refractivity contribution < 1.29 is 27.9 Å². The topological polar surface area (TPSA) is 167 Å². The number of hydrogen-bond donors (Lipinski definition) is 3. The van der Waals surface area contributed by atoms with Gasteiger partial charge in [-0.25, -0.2) is 19.3 Å². The molecular formula is C25H25ClF3N9O3. The molecular weight excluding hydrogens is 567 g/mol. The minimum atomic E-state index is -5.08. The summed E-state index contributed by atoms with van der Waals surface area (Å²) in [5, 5.41) is 24.6. The van der Waals surface area contributed by atoms with Gasteiger partial charge in [0.25, 0.3) is 5.91 Å². The summed E-state index contributed by atoms with van der Waals surface area (Å²) < 4.78 is 35.1. The molecule has 5 heterocycles. The molecule has 1 aliphatic heterocycles. The number of aromatic nitrogens is 5. The predicted molar refractivity (Wildman–Crippen MR) is 142 cm³/mol. The third-order valence-electron chi connectivity index (χ3n) is 6.62. The van der Waals surface area contributed by atoms with Crippen LogP contribution in [0.25, 0.3) is 11.2 Å². The Labute approximate surface area is 236 Å². The first-order chi connectivity index (χ1) is 19.3. The van der Waals surface area contributed by atoms with Gasteiger partial charge in [0.15, 0.2) is 11.5 Å². The van der Waals surface area contributed by atoms with E-state index < -0.39 is 23.6 Å². The Morgan fingerprint density at radius 3 is 2.73 bits per heavy atom. The molecule has 4 N–H and O–H groups in total. The van der Waals surface area contributed by atoms with Crippen LogP contribution >= 0.6 is 11.6 Å². The number of anilines is 2. The predicted octanol–water partition coefficient (Wildman–Crippen LogP) is 3.87. The largest absolute Gasteiger partial charge is 0.490 e. The van der Waals surface area contributed by atoms with Crippen LogP contribution < -0.4 is 16.0 Å². The van der Waals surface area contributed by atoms with Gasteiger partial charge in [0, 0.05) is 31.0 Å². The molecule has 41 heavy (non-hydrogen) atoms. The van der Waals surface area contributed by atoms with Gasteiger partial charge in [-0.2, -0.15) is 18.4 Å². The molecule has 0 spiro atoms. The van der Waals surface area contributed by atoms with Crippen LogP contribution in [-0.2, 0) is 4.79 Å². The SMILES string of the molecule is CC(NC(=O)c1c(N)nn2cccnc12)c1cc(Cl)c2cncn2c1N1CCCC(C)(C#N)C1.O=C(O)C(F)(F)F. The number of carboxylic acids is 1. The lowest BCUT2D eigenvalue weighted by Crippen LogP contribution is -2.42. The number of carbonyl (C=O) groups excluding carboxylic acids is 1. The van der Waals surface area contributed by atoms with Crippen molar-refractivity contribution in [2.24, 2.45) is 5.41 Å². The standard InChI is InChI=1S/C23H24ClN9O.C2HF3O2/c1-14(29-21(34)18-19(26)30-33-8-4-6-28-20(18)33)15-9-16(24)17-10-27-13-32(17)22(15)31-7-3-5-23(2,11-25)12-31;3-2(4,5)1(6)7/h4,6,8-10,13-14H,3,5,7,12H2,1-2H3,(H2,26,30)(H,29,34);(H,6,7). The van der Waals surface area contributed by atoms with Gasteiger partial charge >= 0.3 is 12.1 Å². The van der Waals surface area contributed by atoms with E-state index in [1.807, 2.05) is 24.3 Å². The van der Waals surface area contributed by atoms with Crippen LogP contribution in [0.15, 0.2) is 37.1 Å². The van der Waals surface area contributed by atoms with E-state index >= 15 is 0 Å². The van der Waals surface area contributed by atoms with Gasteiger partial charge in [-0.3, -0.25) is 9.20 Å². The molecule has 2 atom stereocenters. The number of carboxylic acid groups (broad SMARTS) is 1. The minimum Gasteiger partial charge on any atom is -0.475 e. The van der Waals surface area contributed by atoms with Gasteiger partial charge < -0.3 is 21.1 Å². The molecule has 0 aliphatic carbocycles. The van der Waals surface area contributed by atoms with Crippen LogP contribution in [0.2, 0.25) is 5.02 Å². The quantitative estimate of drug-likeness (QED) is 0.319. The van der Waals surface area contributed by atoms with E-state index in [2.05, 4.69) is 31.4 Å². The maximum Gasteiger partial charge on any atom is 0.490 e. The first kappa shape index (κ1) is 29.4. The number of nitrogens with one attached hydrogen (secondary N) is 1. The van der Waals surface area contributed by atoms with E-state index in [-0.39, 0.29) is 17.3 Å². The fourth-order valence-electron chi connectivity index (χ4n) is 4.69. The van der Waals surface area contributed by atoms with Crippen molar-refractivity contribution in [3.8, 4) is 6.07 Å². The minimum absolute atomic E-state index is 0.104. The lowest BCUT2D eigenvalue weighted by atomic mass is 9.83. The number of nitrogens with zero attached hydrogens (tertiary/aromatic N) is 7. The van der Waals surface area contributed by atoms with Crippen molar-refractivity contribution in [2.45, 2.75) is 38.9 Å². The van der Waals surface area contributed by atoms with Crippen LogP contribution in [0.1, 0.15) is 48.7 Å². The fraction of sp³-hybridized carbons (Fsp3) is 0.360. The molecule has 216 valence electrons. The number of hydrogen-bond acceptors (Lipinski definition) is 8. The highest BCUT2D eigenvalue weighted by atomic mass is 35.5. The maximum atomic E-state index is 13.3. The number of aliphatic carboxylic acids is 1. The Kier molecular flexibility index (Phi) is 7.98. The summed E-state index contributed by atoms with van der Waals surface area (Å²) in [6, 6.07) is 5.60. The zero-order chi connectivity index (χ0) is 30.1. The number of halogens is 4. The number of amides is 1. The average Bonchev–Trinajstić information content (AvgIpc) is 3.53. The van der Waals surface area contributed by atoms with Crippen LogP contribution in [0.3, 0.4) is 0 Å². The molecule has 1 saturated heterocycles. The van der Waals surface area contributed by atoms with E-state index in [1.54, 1.807) is 31.0 Å². The Morgan fingerprint density at radius 1 is 1.37 bits per heavy atom. The van der Waals surface area contributed by atoms with Crippen LogP contribution in [-0.4, -0.2) is 60.2 Å². The molecule has 4 aromatic rings. The Bertz CT molecular complexity index is 1660.